The molecule has 1 aliphatic rings. The zero-order valence-corrected chi connectivity index (χ0v) is 15.6. The molecule has 0 saturated carbocycles. The molecule has 6 nitrogen and oxygen atoms in total. The van der Waals surface area contributed by atoms with E-state index in [0.29, 0.717) is 11.7 Å². The van der Waals surface area contributed by atoms with E-state index in [-0.39, 0.29) is 5.91 Å². The molecular weight excluding hydrogens is 370 g/mol. The Morgan fingerprint density at radius 3 is 2.54 bits per heavy atom. The molecule has 8 heteroatoms. The molecule has 1 aliphatic heterocycles. The fourth-order valence-electron chi connectivity index (χ4n) is 2.80. The predicted molar refractivity (Wildman–Crippen MR) is 104 cm³/mol. The van der Waals surface area contributed by atoms with Crippen LogP contribution in [0.5, 0.6) is 0 Å². The van der Waals surface area contributed by atoms with Crippen LogP contribution < -0.4 is 10.2 Å². The summed E-state index contributed by atoms with van der Waals surface area (Å²) in [6.07, 6.45) is 0. The molecule has 0 atom stereocenters. The molecule has 1 amide bonds. The van der Waals surface area contributed by atoms with Gasteiger partial charge in [0.25, 0.3) is 0 Å². The lowest BCUT2D eigenvalue weighted by atomic mass is 10.2. The molecule has 132 valence electrons. The number of carbonyl (C=O) groups excluding carboxylic acids is 1. The van der Waals surface area contributed by atoms with Crippen LogP contribution in [0.3, 0.4) is 0 Å². The third kappa shape index (κ3) is 3.40. The van der Waals surface area contributed by atoms with Gasteiger partial charge in [0, 0.05) is 28.9 Å². The van der Waals surface area contributed by atoms with Gasteiger partial charge in [0.05, 0.1) is 12.5 Å². The van der Waals surface area contributed by atoms with Gasteiger partial charge in [-0.25, -0.2) is 0 Å². The maximum absolute atomic E-state index is 11.2. The molecule has 0 unspecified atom stereocenters. The number of rotatable bonds is 3. The fourth-order valence-corrected chi connectivity index (χ4v) is 3.82. The summed E-state index contributed by atoms with van der Waals surface area (Å²) in [5, 5.41) is 13.0. The Morgan fingerprint density at radius 2 is 1.85 bits per heavy atom. The second-order valence-electron chi connectivity index (χ2n) is 5.92. The minimum absolute atomic E-state index is 0.0759. The number of halogens is 1. The number of amides is 1. The highest BCUT2D eigenvalue weighted by Crippen LogP contribution is 2.32. The van der Waals surface area contributed by atoms with Crippen LogP contribution in [0.1, 0.15) is 6.92 Å². The standard InChI is InChI=1S/C18H16ClN5OS/c1-12(25)20-15-6-8-16(9-7-15)23-10-24-17(21-22-18(24)26-11-23)13-2-4-14(19)5-3-13/h2-9H,10-11H2,1H3,(H,20,25). The van der Waals surface area contributed by atoms with Crippen molar-refractivity contribution in [2.24, 2.45) is 0 Å². The van der Waals surface area contributed by atoms with Crippen LogP contribution in [0.4, 0.5) is 11.4 Å². The number of nitrogens with one attached hydrogen (secondary N) is 1. The van der Waals surface area contributed by atoms with E-state index >= 15 is 0 Å². The van der Waals surface area contributed by atoms with Crippen molar-refractivity contribution in [2.75, 3.05) is 16.1 Å². The smallest absolute Gasteiger partial charge is 0.221 e. The number of anilines is 2. The van der Waals surface area contributed by atoms with Gasteiger partial charge in [-0.05, 0) is 48.5 Å². The third-order valence-electron chi connectivity index (χ3n) is 4.03. The van der Waals surface area contributed by atoms with Gasteiger partial charge in [0.1, 0.15) is 0 Å². The Kier molecular flexibility index (Phi) is 4.57. The molecular formula is C18H16ClN5OS. The minimum atomic E-state index is -0.0759. The van der Waals surface area contributed by atoms with Crippen LogP contribution in [0.25, 0.3) is 11.4 Å². The summed E-state index contributed by atoms with van der Waals surface area (Å²) >= 11 is 7.63. The van der Waals surface area contributed by atoms with Crippen LogP contribution >= 0.6 is 23.4 Å². The number of nitrogens with zero attached hydrogens (tertiary/aromatic N) is 4. The average Bonchev–Trinajstić information content (AvgIpc) is 3.06. The van der Waals surface area contributed by atoms with Crippen molar-refractivity contribution in [1.82, 2.24) is 14.8 Å². The van der Waals surface area contributed by atoms with Crippen molar-refractivity contribution >= 4 is 40.6 Å². The first kappa shape index (κ1) is 16.9. The maximum Gasteiger partial charge on any atom is 0.221 e. The van der Waals surface area contributed by atoms with Crippen molar-refractivity contribution < 1.29 is 4.79 Å². The summed E-state index contributed by atoms with van der Waals surface area (Å²) in [6, 6.07) is 15.4. The summed E-state index contributed by atoms with van der Waals surface area (Å²) in [5.41, 5.74) is 2.85. The first-order valence-electron chi connectivity index (χ1n) is 8.05. The van der Waals surface area contributed by atoms with Crippen molar-refractivity contribution in [3.8, 4) is 11.4 Å². The van der Waals surface area contributed by atoms with Crippen LogP contribution in [-0.2, 0) is 11.5 Å². The van der Waals surface area contributed by atoms with Gasteiger partial charge in [-0.15, -0.1) is 10.2 Å². The summed E-state index contributed by atoms with van der Waals surface area (Å²) in [6.45, 7) is 2.16. The molecule has 1 N–H and O–H groups in total. The number of hydrogen-bond donors (Lipinski definition) is 1. The van der Waals surface area contributed by atoms with Gasteiger partial charge in [0.2, 0.25) is 5.91 Å². The third-order valence-corrected chi connectivity index (χ3v) is 5.29. The van der Waals surface area contributed by atoms with E-state index in [4.69, 9.17) is 11.6 Å². The number of thioether (sulfide) groups is 1. The highest BCUT2D eigenvalue weighted by atomic mass is 35.5. The molecule has 0 saturated heterocycles. The van der Waals surface area contributed by atoms with Crippen molar-refractivity contribution in [1.29, 1.82) is 0 Å². The van der Waals surface area contributed by atoms with E-state index in [2.05, 4.69) is 25.0 Å². The lowest BCUT2D eigenvalue weighted by Crippen LogP contribution is -2.30. The molecule has 26 heavy (non-hydrogen) atoms. The van der Waals surface area contributed by atoms with Crippen LogP contribution in [0.15, 0.2) is 53.7 Å². The molecule has 4 rings (SSSR count). The fraction of sp³-hybridized carbons (Fsp3) is 0.167. The van der Waals surface area contributed by atoms with E-state index in [1.807, 2.05) is 48.5 Å². The number of aromatic nitrogens is 3. The number of carbonyl (C=O) groups is 1. The van der Waals surface area contributed by atoms with Gasteiger partial charge < -0.3 is 10.2 Å². The molecule has 0 radical (unpaired) electrons. The van der Waals surface area contributed by atoms with Gasteiger partial charge in [-0.3, -0.25) is 9.36 Å². The topological polar surface area (TPSA) is 63.1 Å². The van der Waals surface area contributed by atoms with Crippen LogP contribution in [0, 0.1) is 0 Å². The van der Waals surface area contributed by atoms with E-state index < -0.39 is 0 Å². The Balaban J connectivity index is 1.58. The summed E-state index contributed by atoms with van der Waals surface area (Å²) in [5.74, 6) is 1.54. The number of fused-ring (bicyclic) bond motifs is 1. The normalized spacial score (nSPS) is 13.4. The highest BCUT2D eigenvalue weighted by molar-refractivity contribution is 7.99. The zero-order chi connectivity index (χ0) is 18.1. The quantitative estimate of drug-likeness (QED) is 0.735. The van der Waals surface area contributed by atoms with Gasteiger partial charge in [-0.1, -0.05) is 23.4 Å². The molecule has 0 fully saturated rings. The lowest BCUT2D eigenvalue weighted by molar-refractivity contribution is -0.114. The Hall–Kier alpha value is -2.51. The van der Waals surface area contributed by atoms with Gasteiger partial charge in [0.15, 0.2) is 11.0 Å². The first-order valence-corrected chi connectivity index (χ1v) is 9.41. The summed E-state index contributed by atoms with van der Waals surface area (Å²) < 4.78 is 2.10. The SMILES string of the molecule is CC(=O)Nc1ccc(N2CSc3nnc(-c4ccc(Cl)cc4)n3C2)cc1. The van der Waals surface area contributed by atoms with Crippen molar-refractivity contribution in [3.05, 3.63) is 53.6 Å². The number of benzene rings is 2. The number of hydrogen-bond acceptors (Lipinski definition) is 5. The molecule has 3 aromatic rings. The molecule has 2 aromatic carbocycles. The van der Waals surface area contributed by atoms with Crippen molar-refractivity contribution in [3.63, 3.8) is 0 Å². The van der Waals surface area contributed by atoms with E-state index in [9.17, 15) is 4.79 Å². The second kappa shape index (κ2) is 7.01. The largest absolute Gasteiger partial charge is 0.344 e. The van der Waals surface area contributed by atoms with E-state index in [0.717, 1.165) is 33.8 Å². The van der Waals surface area contributed by atoms with Gasteiger partial charge >= 0.3 is 0 Å². The Labute approximate surface area is 160 Å². The van der Waals surface area contributed by atoms with Crippen molar-refractivity contribution in [2.45, 2.75) is 18.7 Å². The van der Waals surface area contributed by atoms with E-state index in [1.54, 1.807) is 11.8 Å². The minimum Gasteiger partial charge on any atom is -0.344 e. The van der Waals surface area contributed by atoms with E-state index in [1.165, 1.54) is 6.92 Å². The second-order valence-corrected chi connectivity index (χ2v) is 7.27. The first-order chi connectivity index (χ1) is 12.6. The predicted octanol–water partition coefficient (Wildman–Crippen LogP) is 4.08. The Bertz CT molecular complexity index is 939. The summed E-state index contributed by atoms with van der Waals surface area (Å²) in [7, 11) is 0. The van der Waals surface area contributed by atoms with Gasteiger partial charge in [-0.2, -0.15) is 0 Å². The van der Waals surface area contributed by atoms with Crippen LogP contribution in [-0.4, -0.2) is 26.5 Å². The lowest BCUT2D eigenvalue weighted by Gasteiger charge is -2.29. The zero-order valence-electron chi connectivity index (χ0n) is 14.0. The monoisotopic (exact) mass is 385 g/mol. The molecule has 0 bridgehead atoms. The van der Waals surface area contributed by atoms with Crippen LogP contribution in [0.2, 0.25) is 5.02 Å². The average molecular weight is 386 g/mol. The highest BCUT2D eigenvalue weighted by Gasteiger charge is 2.22. The Morgan fingerprint density at radius 1 is 1.12 bits per heavy atom. The molecule has 0 aliphatic carbocycles. The molecule has 2 heterocycles. The molecule has 1 aromatic heterocycles. The summed E-state index contributed by atoms with van der Waals surface area (Å²) in [4.78, 5) is 13.4. The maximum atomic E-state index is 11.2. The molecule has 0 spiro atoms.